The molecule has 6 heteroatoms. The predicted molar refractivity (Wildman–Crippen MR) is 99.5 cm³/mol. The minimum absolute atomic E-state index is 0.0879. The Morgan fingerprint density at radius 2 is 1.69 bits per heavy atom. The minimum atomic E-state index is -0.888. The number of ether oxygens (including phenoxy) is 3. The maximum atomic E-state index is 11.4. The third-order valence-electron chi connectivity index (χ3n) is 4.34. The van der Waals surface area contributed by atoms with Crippen molar-refractivity contribution in [1.82, 2.24) is 4.98 Å². The van der Waals surface area contributed by atoms with Gasteiger partial charge in [0.1, 0.15) is 0 Å². The second-order valence-electron chi connectivity index (χ2n) is 6.01. The van der Waals surface area contributed by atoms with Gasteiger partial charge in [-0.05, 0) is 36.8 Å². The summed E-state index contributed by atoms with van der Waals surface area (Å²) in [6, 6.07) is 9.56. The lowest BCUT2D eigenvalue weighted by molar-refractivity contribution is -0.136. The Bertz CT molecular complexity index is 949. The molecule has 2 N–H and O–H groups in total. The molecular weight excluding hydrogens is 334 g/mol. The van der Waals surface area contributed by atoms with Gasteiger partial charge in [-0.3, -0.25) is 4.79 Å². The van der Waals surface area contributed by atoms with Gasteiger partial charge in [-0.2, -0.15) is 0 Å². The van der Waals surface area contributed by atoms with Crippen molar-refractivity contribution in [3.05, 3.63) is 41.5 Å². The molecule has 2 aromatic carbocycles. The number of methoxy groups -OCH3 is 3. The summed E-state index contributed by atoms with van der Waals surface area (Å²) in [6.07, 6.45) is -0.0879. The molecule has 0 spiro atoms. The molecule has 0 saturated heterocycles. The molecule has 0 unspecified atom stereocenters. The van der Waals surface area contributed by atoms with E-state index in [0.717, 1.165) is 33.3 Å². The van der Waals surface area contributed by atoms with Gasteiger partial charge >= 0.3 is 5.97 Å². The van der Waals surface area contributed by atoms with Crippen molar-refractivity contribution in [2.45, 2.75) is 13.3 Å². The van der Waals surface area contributed by atoms with Crippen molar-refractivity contribution in [1.29, 1.82) is 0 Å². The van der Waals surface area contributed by atoms with E-state index in [1.807, 2.05) is 37.3 Å². The van der Waals surface area contributed by atoms with Crippen molar-refractivity contribution >= 4 is 16.9 Å². The van der Waals surface area contributed by atoms with Crippen LogP contribution >= 0.6 is 0 Å². The SMILES string of the molecule is COc1cc(-c2[nH]c3ccc(C)cc3c2CC(=O)O)cc(OC)c1OC. The van der Waals surface area contributed by atoms with Crippen LogP contribution < -0.4 is 14.2 Å². The number of nitrogens with one attached hydrogen (secondary N) is 1. The molecule has 0 bridgehead atoms. The van der Waals surface area contributed by atoms with Crippen LogP contribution in [0.15, 0.2) is 30.3 Å². The summed E-state index contributed by atoms with van der Waals surface area (Å²) in [5.41, 5.74) is 4.18. The molecule has 3 aromatic rings. The fraction of sp³-hybridized carbons (Fsp3) is 0.250. The predicted octanol–water partition coefficient (Wildman–Crippen LogP) is 3.80. The summed E-state index contributed by atoms with van der Waals surface area (Å²) in [6.45, 7) is 1.98. The van der Waals surface area contributed by atoms with Gasteiger partial charge in [0.15, 0.2) is 11.5 Å². The van der Waals surface area contributed by atoms with Crippen LogP contribution in [0.4, 0.5) is 0 Å². The first-order valence-electron chi connectivity index (χ1n) is 8.11. The molecule has 0 aliphatic carbocycles. The number of aromatic amines is 1. The monoisotopic (exact) mass is 355 g/mol. The molecule has 136 valence electrons. The zero-order chi connectivity index (χ0) is 18.8. The van der Waals surface area contributed by atoms with Crippen LogP contribution in [0.1, 0.15) is 11.1 Å². The third-order valence-corrected chi connectivity index (χ3v) is 4.34. The first-order valence-corrected chi connectivity index (χ1v) is 8.11. The number of aromatic nitrogens is 1. The largest absolute Gasteiger partial charge is 0.493 e. The number of aryl methyl sites for hydroxylation is 1. The van der Waals surface area contributed by atoms with Crippen LogP contribution in [0.5, 0.6) is 17.2 Å². The van der Waals surface area contributed by atoms with Crippen molar-refractivity contribution in [3.63, 3.8) is 0 Å². The molecule has 0 atom stereocenters. The molecule has 0 fully saturated rings. The van der Waals surface area contributed by atoms with Gasteiger partial charge in [0.25, 0.3) is 0 Å². The van der Waals surface area contributed by atoms with Gasteiger partial charge in [0.2, 0.25) is 5.75 Å². The van der Waals surface area contributed by atoms with E-state index in [1.165, 1.54) is 0 Å². The second kappa shape index (κ2) is 7.00. The number of hydrogen-bond acceptors (Lipinski definition) is 4. The molecule has 1 heterocycles. The van der Waals surface area contributed by atoms with Crippen LogP contribution in [0, 0.1) is 6.92 Å². The van der Waals surface area contributed by atoms with E-state index >= 15 is 0 Å². The number of rotatable bonds is 6. The lowest BCUT2D eigenvalue weighted by Gasteiger charge is -2.14. The van der Waals surface area contributed by atoms with Gasteiger partial charge in [-0.25, -0.2) is 0 Å². The van der Waals surface area contributed by atoms with Crippen LogP contribution in [-0.4, -0.2) is 37.4 Å². The van der Waals surface area contributed by atoms with Crippen molar-refractivity contribution in [2.24, 2.45) is 0 Å². The van der Waals surface area contributed by atoms with Gasteiger partial charge in [-0.1, -0.05) is 11.6 Å². The fourth-order valence-electron chi connectivity index (χ4n) is 3.17. The van der Waals surface area contributed by atoms with Gasteiger partial charge in [-0.15, -0.1) is 0 Å². The second-order valence-corrected chi connectivity index (χ2v) is 6.01. The van der Waals surface area contributed by atoms with E-state index in [0.29, 0.717) is 17.2 Å². The summed E-state index contributed by atoms with van der Waals surface area (Å²) < 4.78 is 16.2. The molecule has 1 aromatic heterocycles. The number of H-pyrrole nitrogens is 1. The van der Waals surface area contributed by atoms with E-state index in [-0.39, 0.29) is 6.42 Å². The summed E-state index contributed by atoms with van der Waals surface area (Å²) in [4.78, 5) is 14.8. The van der Waals surface area contributed by atoms with Crippen LogP contribution in [0.2, 0.25) is 0 Å². The molecule has 0 aliphatic heterocycles. The summed E-state index contributed by atoms with van der Waals surface area (Å²) in [5.74, 6) is 0.627. The standard InChI is InChI=1S/C20H21NO5/c1-11-5-6-15-13(7-11)14(10-18(22)23)19(21-15)12-8-16(24-2)20(26-4)17(9-12)25-3/h5-9,21H,10H2,1-4H3,(H,22,23). The zero-order valence-corrected chi connectivity index (χ0v) is 15.2. The normalized spacial score (nSPS) is 10.8. The highest BCUT2D eigenvalue weighted by Gasteiger charge is 2.20. The lowest BCUT2D eigenvalue weighted by Crippen LogP contribution is -2.01. The fourth-order valence-corrected chi connectivity index (χ4v) is 3.17. The summed E-state index contributed by atoms with van der Waals surface area (Å²) in [5, 5.41) is 10.3. The van der Waals surface area contributed by atoms with Crippen LogP contribution in [0.3, 0.4) is 0 Å². The molecule has 6 nitrogen and oxygen atoms in total. The topological polar surface area (TPSA) is 80.8 Å². The highest BCUT2D eigenvalue weighted by atomic mass is 16.5. The Kier molecular flexibility index (Phi) is 4.75. The van der Waals surface area contributed by atoms with E-state index in [2.05, 4.69) is 4.98 Å². The van der Waals surface area contributed by atoms with E-state index < -0.39 is 5.97 Å². The summed E-state index contributed by atoms with van der Waals surface area (Å²) >= 11 is 0. The van der Waals surface area contributed by atoms with Crippen LogP contribution in [0.25, 0.3) is 22.2 Å². The number of carbonyl (C=O) groups is 1. The Labute approximate surface area is 151 Å². The molecule has 3 rings (SSSR count). The lowest BCUT2D eigenvalue weighted by atomic mass is 10.0. The van der Waals surface area contributed by atoms with Crippen molar-refractivity contribution < 1.29 is 24.1 Å². The van der Waals surface area contributed by atoms with E-state index in [1.54, 1.807) is 21.3 Å². The number of carboxylic acid groups (broad SMARTS) is 1. The highest BCUT2D eigenvalue weighted by molar-refractivity contribution is 5.94. The quantitative estimate of drug-likeness (QED) is 0.703. The van der Waals surface area contributed by atoms with Gasteiger partial charge < -0.3 is 24.3 Å². The van der Waals surface area contributed by atoms with Gasteiger partial charge in [0, 0.05) is 16.5 Å². The Hall–Kier alpha value is -3.15. The first-order chi connectivity index (χ1) is 12.5. The smallest absolute Gasteiger partial charge is 0.307 e. The number of aliphatic carboxylic acids is 1. The molecule has 0 radical (unpaired) electrons. The van der Waals surface area contributed by atoms with Crippen molar-refractivity contribution in [2.75, 3.05) is 21.3 Å². The van der Waals surface area contributed by atoms with E-state index in [4.69, 9.17) is 14.2 Å². The molecule has 0 amide bonds. The summed E-state index contributed by atoms with van der Waals surface area (Å²) in [7, 11) is 4.64. The average Bonchev–Trinajstić information content (AvgIpc) is 2.97. The maximum Gasteiger partial charge on any atom is 0.307 e. The zero-order valence-electron chi connectivity index (χ0n) is 15.2. The van der Waals surface area contributed by atoms with E-state index in [9.17, 15) is 9.90 Å². The molecule has 0 aliphatic rings. The highest BCUT2D eigenvalue weighted by Crippen LogP contribution is 2.42. The van der Waals surface area contributed by atoms with Crippen LogP contribution in [-0.2, 0) is 11.2 Å². The van der Waals surface area contributed by atoms with Crippen molar-refractivity contribution in [3.8, 4) is 28.5 Å². The number of fused-ring (bicyclic) bond motifs is 1. The first kappa shape index (κ1) is 17.7. The maximum absolute atomic E-state index is 11.4. The molecule has 0 saturated carbocycles. The average molecular weight is 355 g/mol. The Morgan fingerprint density at radius 3 is 2.23 bits per heavy atom. The number of carboxylic acids is 1. The Morgan fingerprint density at radius 1 is 1.04 bits per heavy atom. The third kappa shape index (κ3) is 3.06. The minimum Gasteiger partial charge on any atom is -0.493 e. The molecule has 26 heavy (non-hydrogen) atoms. The Balaban J connectivity index is 2.29. The van der Waals surface area contributed by atoms with Gasteiger partial charge in [0.05, 0.1) is 33.4 Å². The number of benzene rings is 2. The molecular formula is C20H21NO5. The number of hydrogen-bond donors (Lipinski definition) is 2.